The van der Waals surface area contributed by atoms with Crippen LogP contribution in [0.4, 0.5) is 11.4 Å². The third-order valence-electron chi connectivity index (χ3n) is 3.08. The van der Waals surface area contributed by atoms with Gasteiger partial charge in [0.05, 0.1) is 5.69 Å². The van der Waals surface area contributed by atoms with Gasteiger partial charge in [-0.05, 0) is 57.7 Å². The van der Waals surface area contributed by atoms with E-state index in [0.717, 1.165) is 4.47 Å². The van der Waals surface area contributed by atoms with Gasteiger partial charge in [-0.1, -0.05) is 26.0 Å². The molecule has 3 N–H and O–H groups in total. The van der Waals surface area contributed by atoms with Crippen LogP contribution in [-0.4, -0.2) is 5.91 Å². The summed E-state index contributed by atoms with van der Waals surface area (Å²) in [5.74, 6) is 0.323. The zero-order chi connectivity index (χ0) is 14.7. The van der Waals surface area contributed by atoms with E-state index in [0.29, 0.717) is 22.9 Å². The van der Waals surface area contributed by atoms with Gasteiger partial charge in [-0.3, -0.25) is 4.79 Å². The predicted molar refractivity (Wildman–Crippen MR) is 87.0 cm³/mol. The molecule has 0 radical (unpaired) electrons. The molecular weight excluding hydrogens is 316 g/mol. The SMILES string of the molecule is CC(C)c1ccc(C(=O)Nc2ccc(N)cc2Br)cc1. The maximum Gasteiger partial charge on any atom is 0.255 e. The normalized spacial score (nSPS) is 10.6. The molecule has 0 saturated heterocycles. The number of anilines is 2. The minimum absolute atomic E-state index is 0.134. The van der Waals surface area contributed by atoms with Gasteiger partial charge in [-0.15, -0.1) is 0 Å². The van der Waals surface area contributed by atoms with Crippen LogP contribution in [0.5, 0.6) is 0 Å². The highest BCUT2D eigenvalue weighted by Crippen LogP contribution is 2.25. The van der Waals surface area contributed by atoms with Crippen molar-refractivity contribution in [1.82, 2.24) is 0 Å². The molecule has 2 aromatic rings. The van der Waals surface area contributed by atoms with Gasteiger partial charge >= 0.3 is 0 Å². The van der Waals surface area contributed by atoms with Crippen molar-refractivity contribution in [2.75, 3.05) is 11.1 Å². The van der Waals surface area contributed by atoms with Gasteiger partial charge in [0, 0.05) is 15.7 Å². The first kappa shape index (κ1) is 14.6. The van der Waals surface area contributed by atoms with Crippen molar-refractivity contribution in [3.8, 4) is 0 Å². The molecular formula is C16H17BrN2O. The van der Waals surface area contributed by atoms with E-state index in [1.54, 1.807) is 18.2 Å². The van der Waals surface area contributed by atoms with E-state index in [-0.39, 0.29) is 5.91 Å². The number of carbonyl (C=O) groups is 1. The Morgan fingerprint density at radius 3 is 2.35 bits per heavy atom. The van der Waals surface area contributed by atoms with E-state index >= 15 is 0 Å². The summed E-state index contributed by atoms with van der Waals surface area (Å²) < 4.78 is 0.768. The highest BCUT2D eigenvalue weighted by molar-refractivity contribution is 9.10. The topological polar surface area (TPSA) is 55.1 Å². The van der Waals surface area contributed by atoms with Gasteiger partial charge in [0.15, 0.2) is 0 Å². The van der Waals surface area contributed by atoms with Crippen molar-refractivity contribution in [1.29, 1.82) is 0 Å². The Balaban J connectivity index is 2.15. The van der Waals surface area contributed by atoms with Crippen LogP contribution in [0, 0.1) is 0 Å². The molecule has 104 valence electrons. The number of hydrogen-bond donors (Lipinski definition) is 2. The fourth-order valence-electron chi connectivity index (χ4n) is 1.85. The standard InChI is InChI=1S/C16H17BrN2O/c1-10(2)11-3-5-12(6-4-11)16(20)19-15-8-7-13(18)9-14(15)17/h3-10H,18H2,1-2H3,(H,19,20). The highest BCUT2D eigenvalue weighted by atomic mass is 79.9. The number of hydrogen-bond acceptors (Lipinski definition) is 2. The minimum atomic E-state index is -0.134. The zero-order valence-electron chi connectivity index (χ0n) is 11.5. The van der Waals surface area contributed by atoms with Gasteiger partial charge in [0.25, 0.3) is 5.91 Å². The van der Waals surface area contributed by atoms with Crippen LogP contribution in [0.1, 0.15) is 35.7 Å². The van der Waals surface area contributed by atoms with E-state index in [1.165, 1.54) is 5.56 Å². The van der Waals surface area contributed by atoms with Gasteiger partial charge in [0.2, 0.25) is 0 Å². The number of nitrogens with one attached hydrogen (secondary N) is 1. The average Bonchev–Trinajstić information content (AvgIpc) is 2.42. The van der Waals surface area contributed by atoms with Gasteiger partial charge in [0.1, 0.15) is 0 Å². The lowest BCUT2D eigenvalue weighted by atomic mass is 10.0. The molecule has 0 fully saturated rings. The molecule has 0 aromatic heterocycles. The molecule has 0 spiro atoms. The number of nitrogen functional groups attached to an aromatic ring is 1. The Kier molecular flexibility index (Phi) is 4.45. The number of amides is 1. The third kappa shape index (κ3) is 3.39. The Morgan fingerprint density at radius 1 is 1.15 bits per heavy atom. The van der Waals surface area contributed by atoms with E-state index in [1.807, 2.05) is 24.3 Å². The lowest BCUT2D eigenvalue weighted by molar-refractivity contribution is 0.102. The molecule has 1 amide bonds. The van der Waals surface area contributed by atoms with E-state index < -0.39 is 0 Å². The Morgan fingerprint density at radius 2 is 1.80 bits per heavy atom. The van der Waals surface area contributed by atoms with Crippen LogP contribution in [0.15, 0.2) is 46.9 Å². The van der Waals surface area contributed by atoms with Gasteiger partial charge < -0.3 is 11.1 Å². The Labute approximate surface area is 127 Å². The number of benzene rings is 2. The monoisotopic (exact) mass is 332 g/mol. The van der Waals surface area contributed by atoms with E-state index in [4.69, 9.17) is 5.73 Å². The van der Waals surface area contributed by atoms with E-state index in [2.05, 4.69) is 35.1 Å². The first-order valence-corrected chi connectivity index (χ1v) is 7.23. The van der Waals surface area contributed by atoms with Crippen LogP contribution in [0.25, 0.3) is 0 Å². The van der Waals surface area contributed by atoms with E-state index in [9.17, 15) is 4.79 Å². The summed E-state index contributed by atoms with van der Waals surface area (Å²) >= 11 is 3.38. The second-order valence-corrected chi connectivity index (χ2v) is 5.82. The Hall–Kier alpha value is -1.81. The van der Waals surface area contributed by atoms with Crippen LogP contribution < -0.4 is 11.1 Å². The molecule has 0 bridgehead atoms. The third-order valence-corrected chi connectivity index (χ3v) is 3.74. The summed E-state index contributed by atoms with van der Waals surface area (Å²) in [5, 5.41) is 2.86. The Bertz CT molecular complexity index is 621. The summed E-state index contributed by atoms with van der Waals surface area (Å²) in [6.07, 6.45) is 0. The first-order valence-electron chi connectivity index (χ1n) is 6.43. The largest absolute Gasteiger partial charge is 0.399 e. The van der Waals surface area contributed by atoms with Crippen molar-refractivity contribution < 1.29 is 4.79 Å². The lowest BCUT2D eigenvalue weighted by Gasteiger charge is -2.09. The van der Waals surface area contributed by atoms with Crippen molar-refractivity contribution in [3.63, 3.8) is 0 Å². The molecule has 0 aliphatic carbocycles. The fourth-order valence-corrected chi connectivity index (χ4v) is 2.34. The number of carbonyl (C=O) groups excluding carboxylic acids is 1. The minimum Gasteiger partial charge on any atom is -0.399 e. The zero-order valence-corrected chi connectivity index (χ0v) is 13.1. The first-order chi connectivity index (χ1) is 9.47. The molecule has 3 nitrogen and oxygen atoms in total. The fraction of sp³-hybridized carbons (Fsp3) is 0.188. The second kappa shape index (κ2) is 6.09. The van der Waals surface area contributed by atoms with Crippen molar-refractivity contribution in [3.05, 3.63) is 58.1 Å². The second-order valence-electron chi connectivity index (χ2n) is 4.97. The van der Waals surface area contributed by atoms with Crippen LogP contribution in [0.2, 0.25) is 0 Å². The number of rotatable bonds is 3. The van der Waals surface area contributed by atoms with Crippen LogP contribution in [-0.2, 0) is 0 Å². The smallest absolute Gasteiger partial charge is 0.255 e. The maximum atomic E-state index is 12.2. The molecule has 0 aliphatic rings. The van der Waals surface area contributed by atoms with Crippen LogP contribution in [0.3, 0.4) is 0 Å². The molecule has 2 rings (SSSR count). The summed E-state index contributed by atoms with van der Waals surface area (Å²) in [5.41, 5.74) is 8.88. The van der Waals surface area contributed by atoms with Crippen molar-refractivity contribution in [2.24, 2.45) is 0 Å². The molecule has 2 aromatic carbocycles. The summed E-state index contributed by atoms with van der Waals surface area (Å²) in [7, 11) is 0. The van der Waals surface area contributed by atoms with Crippen LogP contribution >= 0.6 is 15.9 Å². The molecule has 4 heteroatoms. The lowest BCUT2D eigenvalue weighted by Crippen LogP contribution is -2.12. The molecule has 0 unspecified atom stereocenters. The molecule has 0 aliphatic heterocycles. The van der Waals surface area contributed by atoms with Crippen molar-refractivity contribution >= 4 is 33.2 Å². The quantitative estimate of drug-likeness (QED) is 0.818. The number of nitrogens with two attached hydrogens (primary N) is 1. The summed E-state index contributed by atoms with van der Waals surface area (Å²) in [6.45, 7) is 4.25. The van der Waals surface area contributed by atoms with Crippen molar-refractivity contribution in [2.45, 2.75) is 19.8 Å². The highest BCUT2D eigenvalue weighted by Gasteiger charge is 2.09. The van der Waals surface area contributed by atoms with Gasteiger partial charge in [-0.25, -0.2) is 0 Å². The predicted octanol–water partition coefficient (Wildman–Crippen LogP) is 4.41. The molecule has 20 heavy (non-hydrogen) atoms. The average molecular weight is 333 g/mol. The van der Waals surface area contributed by atoms with Gasteiger partial charge in [-0.2, -0.15) is 0 Å². The number of halogens is 1. The molecule has 0 saturated carbocycles. The summed E-state index contributed by atoms with van der Waals surface area (Å²) in [4.78, 5) is 12.2. The molecule has 0 heterocycles. The molecule has 0 atom stereocenters. The summed E-state index contributed by atoms with van der Waals surface area (Å²) in [6, 6.07) is 12.9. The maximum absolute atomic E-state index is 12.2.